The number of hydrogen-bond donors (Lipinski definition) is 3. The number of halogens is 1. The molecule has 2 bridgehead atoms. The van der Waals surface area contributed by atoms with Crippen LogP contribution in [0.2, 0.25) is 0 Å². The molecule has 8 heteroatoms. The van der Waals surface area contributed by atoms with E-state index in [0.717, 1.165) is 19.5 Å². The maximum absolute atomic E-state index is 13.5. The van der Waals surface area contributed by atoms with E-state index < -0.39 is 5.82 Å². The highest BCUT2D eigenvalue weighted by Crippen LogP contribution is 2.34. The molecule has 31 heavy (non-hydrogen) atoms. The number of piperazine rings is 1. The number of pyridine rings is 1. The number of benzene rings is 1. The van der Waals surface area contributed by atoms with E-state index in [0.29, 0.717) is 39.4 Å². The molecule has 0 spiro atoms. The van der Waals surface area contributed by atoms with Crippen molar-refractivity contribution in [3.8, 4) is 0 Å². The molecule has 162 valence electrons. The minimum absolute atomic E-state index is 0.166. The number of anilines is 2. The van der Waals surface area contributed by atoms with Crippen LogP contribution in [0.4, 0.5) is 15.8 Å². The van der Waals surface area contributed by atoms with E-state index >= 15 is 0 Å². The van der Waals surface area contributed by atoms with Crippen LogP contribution in [-0.2, 0) is 6.42 Å². The van der Waals surface area contributed by atoms with Crippen LogP contribution in [0.5, 0.6) is 0 Å². The molecule has 1 aromatic carbocycles. The first-order valence-electron chi connectivity index (χ1n) is 10.7. The number of amides is 1. The second kappa shape index (κ2) is 8.43. The zero-order valence-corrected chi connectivity index (χ0v) is 18.3. The Morgan fingerprint density at radius 2 is 2.00 bits per heavy atom. The summed E-state index contributed by atoms with van der Waals surface area (Å²) in [4.78, 5) is 20.5. The average molecular weight is 440 g/mol. The first-order valence-corrected chi connectivity index (χ1v) is 11.6. The molecule has 3 N–H and O–H groups in total. The fraction of sp³-hybridized carbons (Fsp3) is 0.391. The predicted molar refractivity (Wildman–Crippen MR) is 124 cm³/mol. The molecule has 2 fully saturated rings. The Morgan fingerprint density at radius 3 is 2.71 bits per heavy atom. The second-order valence-electron chi connectivity index (χ2n) is 8.28. The maximum Gasteiger partial charge on any atom is 0.263 e. The van der Waals surface area contributed by atoms with E-state index in [1.165, 1.54) is 47.7 Å². The SMILES string of the molecule is CNc1c(C(=O)NCCc2ccc(N3C[C@H]4CC[C@@H](C3)N4)cc2)sc2ncc(F)cc12. The van der Waals surface area contributed by atoms with Crippen molar-refractivity contribution in [2.24, 2.45) is 0 Å². The molecule has 2 saturated heterocycles. The third-order valence-corrected chi connectivity index (χ3v) is 7.30. The molecule has 0 aliphatic carbocycles. The summed E-state index contributed by atoms with van der Waals surface area (Å²) in [7, 11) is 1.73. The Balaban J connectivity index is 1.19. The largest absolute Gasteiger partial charge is 0.386 e. The number of fused-ring (bicyclic) bond motifs is 3. The lowest BCUT2D eigenvalue weighted by Crippen LogP contribution is -2.51. The number of carbonyl (C=O) groups excluding carboxylic acids is 1. The smallest absolute Gasteiger partial charge is 0.263 e. The van der Waals surface area contributed by atoms with Gasteiger partial charge in [0.1, 0.15) is 15.5 Å². The van der Waals surface area contributed by atoms with E-state index in [4.69, 9.17) is 0 Å². The van der Waals surface area contributed by atoms with Gasteiger partial charge in [-0.25, -0.2) is 9.37 Å². The molecule has 0 radical (unpaired) electrons. The molecule has 2 aliphatic heterocycles. The van der Waals surface area contributed by atoms with Gasteiger partial charge in [-0.15, -0.1) is 11.3 Å². The number of rotatable bonds is 6. The lowest BCUT2D eigenvalue weighted by molar-refractivity contribution is 0.0959. The second-order valence-corrected chi connectivity index (χ2v) is 9.28. The van der Waals surface area contributed by atoms with Gasteiger partial charge in [-0.05, 0) is 43.0 Å². The zero-order valence-electron chi connectivity index (χ0n) is 17.5. The first kappa shape index (κ1) is 20.2. The van der Waals surface area contributed by atoms with E-state index in [1.54, 1.807) is 7.05 Å². The molecule has 2 aliphatic rings. The summed E-state index contributed by atoms with van der Waals surface area (Å²) in [6, 6.07) is 11.3. The Labute approximate surface area is 184 Å². The molecular formula is C23H26FN5OS. The molecule has 2 atom stereocenters. The van der Waals surface area contributed by atoms with Gasteiger partial charge in [0.2, 0.25) is 0 Å². The lowest BCUT2D eigenvalue weighted by atomic mass is 10.1. The van der Waals surface area contributed by atoms with Gasteiger partial charge in [-0.3, -0.25) is 4.79 Å². The van der Waals surface area contributed by atoms with Crippen molar-refractivity contribution in [2.45, 2.75) is 31.3 Å². The number of aromatic nitrogens is 1. The van der Waals surface area contributed by atoms with Crippen molar-refractivity contribution < 1.29 is 9.18 Å². The Hall–Kier alpha value is -2.71. The molecule has 1 amide bonds. The van der Waals surface area contributed by atoms with Crippen LogP contribution in [0.15, 0.2) is 36.5 Å². The molecule has 4 heterocycles. The van der Waals surface area contributed by atoms with Gasteiger partial charge in [0.05, 0.1) is 11.9 Å². The molecule has 0 saturated carbocycles. The van der Waals surface area contributed by atoms with Crippen LogP contribution in [-0.4, -0.2) is 49.7 Å². The summed E-state index contributed by atoms with van der Waals surface area (Å²) in [5.74, 6) is -0.577. The molecular weight excluding hydrogens is 413 g/mol. The van der Waals surface area contributed by atoms with Crippen LogP contribution in [0.1, 0.15) is 28.1 Å². The number of thiophene rings is 1. The lowest BCUT2D eigenvalue weighted by Gasteiger charge is -2.34. The summed E-state index contributed by atoms with van der Waals surface area (Å²) in [5, 5.41) is 10.3. The van der Waals surface area contributed by atoms with Crippen molar-refractivity contribution in [1.82, 2.24) is 15.6 Å². The minimum atomic E-state index is -0.411. The molecule has 5 rings (SSSR count). The topological polar surface area (TPSA) is 69.3 Å². The summed E-state index contributed by atoms with van der Waals surface area (Å²) >= 11 is 1.27. The summed E-state index contributed by atoms with van der Waals surface area (Å²) in [6.45, 7) is 2.69. The molecule has 3 aromatic rings. The highest BCUT2D eigenvalue weighted by Gasteiger charge is 2.32. The Bertz CT molecular complexity index is 1090. The van der Waals surface area contributed by atoms with Crippen LogP contribution >= 0.6 is 11.3 Å². The van der Waals surface area contributed by atoms with Crippen molar-refractivity contribution in [2.75, 3.05) is 36.9 Å². The van der Waals surface area contributed by atoms with Gasteiger partial charge in [-0.2, -0.15) is 0 Å². The third-order valence-electron chi connectivity index (χ3n) is 6.19. The standard InChI is InChI=1S/C23H26FN5OS/c1-25-20-19-10-15(24)11-27-23(19)31-21(20)22(30)26-9-8-14-2-6-18(7-3-14)29-12-16-4-5-17(13-29)28-16/h2-3,6-7,10-11,16-17,25,28H,4-5,8-9,12-13H2,1H3,(H,26,30)/t16-,17+. The monoisotopic (exact) mass is 439 g/mol. The molecule has 0 unspecified atom stereocenters. The van der Waals surface area contributed by atoms with E-state index in [1.807, 2.05) is 0 Å². The van der Waals surface area contributed by atoms with E-state index in [-0.39, 0.29) is 5.91 Å². The fourth-order valence-electron chi connectivity index (χ4n) is 4.65. The maximum atomic E-state index is 13.5. The summed E-state index contributed by atoms with van der Waals surface area (Å²) in [5.41, 5.74) is 3.09. The number of hydrogen-bond acceptors (Lipinski definition) is 6. The van der Waals surface area contributed by atoms with Crippen LogP contribution in [0.3, 0.4) is 0 Å². The van der Waals surface area contributed by atoms with Gasteiger partial charge in [0.25, 0.3) is 5.91 Å². The number of carbonyl (C=O) groups is 1. The van der Waals surface area contributed by atoms with Crippen LogP contribution in [0, 0.1) is 5.82 Å². The highest BCUT2D eigenvalue weighted by atomic mass is 32.1. The predicted octanol–water partition coefficient (Wildman–Crippen LogP) is 3.39. The fourth-order valence-corrected chi connectivity index (χ4v) is 5.70. The first-order chi connectivity index (χ1) is 15.1. The van der Waals surface area contributed by atoms with Crippen LogP contribution in [0.25, 0.3) is 10.2 Å². The minimum Gasteiger partial charge on any atom is -0.386 e. The van der Waals surface area contributed by atoms with Gasteiger partial charge in [0, 0.05) is 49.8 Å². The summed E-state index contributed by atoms with van der Waals surface area (Å²) in [6.07, 6.45) is 4.48. The van der Waals surface area contributed by atoms with Gasteiger partial charge in [-0.1, -0.05) is 12.1 Å². The summed E-state index contributed by atoms with van der Waals surface area (Å²) < 4.78 is 13.5. The van der Waals surface area contributed by atoms with Crippen molar-refractivity contribution in [3.63, 3.8) is 0 Å². The number of nitrogens with one attached hydrogen (secondary N) is 3. The number of nitrogens with zero attached hydrogens (tertiary/aromatic N) is 2. The molecule has 2 aromatic heterocycles. The zero-order chi connectivity index (χ0) is 21.4. The van der Waals surface area contributed by atoms with E-state index in [9.17, 15) is 9.18 Å². The van der Waals surface area contributed by atoms with E-state index in [2.05, 4.69) is 50.1 Å². The van der Waals surface area contributed by atoms with Crippen molar-refractivity contribution >= 4 is 38.8 Å². The Kier molecular flexibility index (Phi) is 5.50. The van der Waals surface area contributed by atoms with Crippen molar-refractivity contribution in [3.05, 3.63) is 52.8 Å². The average Bonchev–Trinajstić information content (AvgIpc) is 3.32. The van der Waals surface area contributed by atoms with Gasteiger partial charge < -0.3 is 20.9 Å². The van der Waals surface area contributed by atoms with Crippen molar-refractivity contribution in [1.29, 1.82) is 0 Å². The molecule has 6 nitrogen and oxygen atoms in total. The van der Waals surface area contributed by atoms with Gasteiger partial charge in [0.15, 0.2) is 0 Å². The Morgan fingerprint density at radius 1 is 1.26 bits per heavy atom. The quantitative estimate of drug-likeness (QED) is 0.549. The third kappa shape index (κ3) is 4.09. The van der Waals surface area contributed by atoms with Crippen LogP contribution < -0.4 is 20.9 Å². The normalized spacial score (nSPS) is 20.3. The highest BCUT2D eigenvalue weighted by molar-refractivity contribution is 7.21. The van der Waals surface area contributed by atoms with Gasteiger partial charge >= 0.3 is 0 Å².